The summed E-state index contributed by atoms with van der Waals surface area (Å²) < 4.78 is 9.96. The third kappa shape index (κ3) is 3.53. The van der Waals surface area contributed by atoms with Crippen molar-refractivity contribution >= 4 is 0 Å². The maximum atomic E-state index is 5.73. The first-order valence-electron chi connectivity index (χ1n) is 8.42. The van der Waals surface area contributed by atoms with Crippen molar-refractivity contribution in [2.75, 3.05) is 13.1 Å². The van der Waals surface area contributed by atoms with Crippen LogP contribution in [0.15, 0.2) is 36.9 Å². The Labute approximate surface area is 146 Å². The lowest BCUT2D eigenvalue weighted by Gasteiger charge is -2.19. The SMILES string of the molecule is Cn1cncc1CN1CCc2nnc(COc3ccccn3)n2CC1. The van der Waals surface area contributed by atoms with Crippen LogP contribution < -0.4 is 4.74 Å². The Hall–Kier alpha value is -2.74. The minimum atomic E-state index is 0.381. The molecule has 0 amide bonds. The van der Waals surface area contributed by atoms with Crippen molar-refractivity contribution in [3.63, 3.8) is 0 Å². The van der Waals surface area contributed by atoms with Crippen LogP contribution in [0.5, 0.6) is 5.88 Å². The molecule has 0 unspecified atom stereocenters. The molecule has 0 fully saturated rings. The van der Waals surface area contributed by atoms with Gasteiger partial charge in [-0.25, -0.2) is 9.97 Å². The minimum Gasteiger partial charge on any atom is -0.469 e. The number of nitrogens with zero attached hydrogens (tertiary/aromatic N) is 7. The maximum Gasteiger partial charge on any atom is 0.213 e. The van der Waals surface area contributed by atoms with Gasteiger partial charge in [-0.2, -0.15) is 0 Å². The summed E-state index contributed by atoms with van der Waals surface area (Å²) in [6.45, 7) is 4.05. The van der Waals surface area contributed by atoms with Gasteiger partial charge >= 0.3 is 0 Å². The van der Waals surface area contributed by atoms with E-state index in [0.717, 1.165) is 44.2 Å². The predicted molar refractivity (Wildman–Crippen MR) is 90.8 cm³/mol. The van der Waals surface area contributed by atoms with E-state index < -0.39 is 0 Å². The van der Waals surface area contributed by atoms with Gasteiger partial charge in [0.1, 0.15) is 12.4 Å². The third-order valence-electron chi connectivity index (χ3n) is 4.48. The van der Waals surface area contributed by atoms with Crippen LogP contribution in [0.1, 0.15) is 17.3 Å². The van der Waals surface area contributed by atoms with E-state index in [-0.39, 0.29) is 0 Å². The fraction of sp³-hybridized carbons (Fsp3) is 0.412. The van der Waals surface area contributed by atoms with Crippen LogP contribution in [0, 0.1) is 0 Å². The summed E-state index contributed by atoms with van der Waals surface area (Å²) in [5.41, 5.74) is 1.22. The normalized spacial score (nSPS) is 14.9. The molecule has 1 aliphatic heterocycles. The lowest BCUT2D eigenvalue weighted by molar-refractivity contribution is 0.255. The van der Waals surface area contributed by atoms with E-state index in [1.165, 1.54) is 5.69 Å². The standard InChI is InChI=1S/C17H21N7O/c1-22-13-18-10-14(22)11-23-7-5-15-20-21-16(24(15)9-8-23)12-25-17-4-2-3-6-19-17/h2-4,6,10,13H,5,7-9,11-12H2,1H3. The molecule has 0 aromatic carbocycles. The van der Waals surface area contributed by atoms with Crippen molar-refractivity contribution < 1.29 is 4.74 Å². The molecule has 0 saturated carbocycles. The van der Waals surface area contributed by atoms with Crippen molar-refractivity contribution in [1.82, 2.24) is 34.2 Å². The summed E-state index contributed by atoms with van der Waals surface area (Å²) in [6.07, 6.45) is 6.37. The average molecular weight is 339 g/mol. The van der Waals surface area contributed by atoms with Crippen molar-refractivity contribution in [2.45, 2.75) is 26.1 Å². The molecular weight excluding hydrogens is 318 g/mol. The Morgan fingerprint density at radius 1 is 1.16 bits per heavy atom. The second-order valence-electron chi connectivity index (χ2n) is 6.16. The molecule has 4 heterocycles. The highest BCUT2D eigenvalue weighted by Gasteiger charge is 2.19. The number of hydrogen-bond donors (Lipinski definition) is 0. The molecule has 0 saturated heterocycles. The van der Waals surface area contributed by atoms with Crippen LogP contribution in [0.25, 0.3) is 0 Å². The zero-order valence-electron chi connectivity index (χ0n) is 14.2. The van der Waals surface area contributed by atoms with E-state index in [0.29, 0.717) is 12.5 Å². The summed E-state index contributed by atoms with van der Waals surface area (Å²) >= 11 is 0. The number of hydrogen-bond acceptors (Lipinski definition) is 6. The van der Waals surface area contributed by atoms with Crippen LogP contribution in [-0.4, -0.2) is 47.3 Å². The molecule has 3 aromatic rings. The number of imidazole rings is 1. The van der Waals surface area contributed by atoms with Crippen molar-refractivity contribution in [3.05, 3.63) is 54.3 Å². The van der Waals surface area contributed by atoms with Gasteiger partial charge in [0, 0.05) is 58.1 Å². The highest BCUT2D eigenvalue weighted by molar-refractivity contribution is 5.10. The molecule has 3 aromatic heterocycles. The number of fused-ring (bicyclic) bond motifs is 1. The Balaban J connectivity index is 1.40. The number of aryl methyl sites for hydroxylation is 1. The van der Waals surface area contributed by atoms with Gasteiger partial charge < -0.3 is 13.9 Å². The van der Waals surface area contributed by atoms with Gasteiger partial charge in [-0.15, -0.1) is 10.2 Å². The van der Waals surface area contributed by atoms with E-state index >= 15 is 0 Å². The molecule has 4 rings (SSSR count). The predicted octanol–water partition coefficient (Wildman–Crippen LogP) is 1.04. The molecule has 0 aliphatic carbocycles. The average Bonchev–Trinajstić information content (AvgIpc) is 3.16. The summed E-state index contributed by atoms with van der Waals surface area (Å²) in [5, 5.41) is 8.64. The van der Waals surface area contributed by atoms with Gasteiger partial charge in [0.15, 0.2) is 5.82 Å². The Morgan fingerprint density at radius 2 is 2.12 bits per heavy atom. The van der Waals surface area contributed by atoms with Gasteiger partial charge in [0.05, 0.1) is 12.0 Å². The minimum absolute atomic E-state index is 0.381. The zero-order chi connectivity index (χ0) is 17.1. The largest absolute Gasteiger partial charge is 0.469 e. The number of aromatic nitrogens is 6. The van der Waals surface area contributed by atoms with E-state index in [9.17, 15) is 0 Å². The van der Waals surface area contributed by atoms with E-state index in [2.05, 4.69) is 34.2 Å². The fourth-order valence-corrected chi connectivity index (χ4v) is 3.03. The van der Waals surface area contributed by atoms with Gasteiger partial charge in [-0.3, -0.25) is 4.90 Å². The highest BCUT2D eigenvalue weighted by Crippen LogP contribution is 2.14. The van der Waals surface area contributed by atoms with Crippen molar-refractivity contribution in [3.8, 4) is 5.88 Å². The summed E-state index contributed by atoms with van der Waals surface area (Å²) in [6, 6.07) is 5.62. The molecule has 0 N–H and O–H groups in total. The molecule has 1 aliphatic rings. The smallest absolute Gasteiger partial charge is 0.213 e. The lowest BCUT2D eigenvalue weighted by atomic mass is 10.3. The molecule has 0 bridgehead atoms. The molecule has 25 heavy (non-hydrogen) atoms. The van der Waals surface area contributed by atoms with Crippen LogP contribution in [-0.2, 0) is 33.2 Å². The van der Waals surface area contributed by atoms with Crippen molar-refractivity contribution in [1.29, 1.82) is 0 Å². The van der Waals surface area contributed by atoms with E-state index in [1.807, 2.05) is 37.8 Å². The molecular formula is C17H21N7O. The van der Waals surface area contributed by atoms with Gasteiger partial charge in [-0.1, -0.05) is 6.07 Å². The fourth-order valence-electron chi connectivity index (χ4n) is 3.03. The zero-order valence-corrected chi connectivity index (χ0v) is 14.2. The first-order chi connectivity index (χ1) is 12.3. The monoisotopic (exact) mass is 339 g/mol. The first-order valence-corrected chi connectivity index (χ1v) is 8.42. The van der Waals surface area contributed by atoms with E-state index in [4.69, 9.17) is 4.74 Å². The highest BCUT2D eigenvalue weighted by atomic mass is 16.5. The lowest BCUT2D eigenvalue weighted by Crippen LogP contribution is -2.27. The second kappa shape index (κ2) is 7.02. The topological polar surface area (TPSA) is 73.9 Å². The number of pyridine rings is 1. The van der Waals surface area contributed by atoms with Gasteiger partial charge in [0.2, 0.25) is 5.88 Å². The molecule has 0 radical (unpaired) electrons. The van der Waals surface area contributed by atoms with Crippen LogP contribution >= 0.6 is 0 Å². The molecule has 8 nitrogen and oxygen atoms in total. The number of ether oxygens (including phenoxy) is 1. The van der Waals surface area contributed by atoms with E-state index in [1.54, 1.807) is 6.20 Å². The summed E-state index contributed by atoms with van der Waals surface area (Å²) in [4.78, 5) is 10.8. The Bertz CT molecular complexity index is 827. The van der Waals surface area contributed by atoms with Gasteiger partial charge in [0.25, 0.3) is 0 Å². The summed E-state index contributed by atoms with van der Waals surface area (Å²) in [7, 11) is 2.03. The van der Waals surface area contributed by atoms with Crippen LogP contribution in [0.3, 0.4) is 0 Å². The maximum absolute atomic E-state index is 5.73. The molecule has 8 heteroatoms. The Kier molecular flexibility index (Phi) is 4.43. The Morgan fingerprint density at radius 3 is 2.92 bits per heavy atom. The van der Waals surface area contributed by atoms with Crippen molar-refractivity contribution in [2.24, 2.45) is 7.05 Å². The number of rotatable bonds is 5. The van der Waals surface area contributed by atoms with Crippen LogP contribution in [0.2, 0.25) is 0 Å². The third-order valence-corrected chi connectivity index (χ3v) is 4.48. The van der Waals surface area contributed by atoms with Crippen LogP contribution in [0.4, 0.5) is 0 Å². The quantitative estimate of drug-likeness (QED) is 0.692. The molecule has 130 valence electrons. The van der Waals surface area contributed by atoms with Gasteiger partial charge in [-0.05, 0) is 6.07 Å². The molecule has 0 spiro atoms. The second-order valence-corrected chi connectivity index (χ2v) is 6.16. The summed E-state index contributed by atoms with van der Waals surface area (Å²) in [5.74, 6) is 2.47. The first kappa shape index (κ1) is 15.8. The molecule has 0 atom stereocenters.